The highest BCUT2D eigenvalue weighted by Crippen LogP contribution is 2.23. The predicted octanol–water partition coefficient (Wildman–Crippen LogP) is 7.14. The number of aryl methyl sites for hydroxylation is 2. The molecule has 0 fully saturated rings. The van der Waals surface area contributed by atoms with Gasteiger partial charge in [0, 0.05) is 10.0 Å². The number of hydrogen-bond acceptors (Lipinski definition) is 2. The van der Waals surface area contributed by atoms with E-state index in [4.69, 9.17) is 5.11 Å². The first kappa shape index (κ1) is 23.9. The number of phenols is 1. The van der Waals surface area contributed by atoms with E-state index in [1.54, 1.807) is 19.1 Å². The molecule has 3 rings (SSSR count). The Morgan fingerprint density at radius 1 is 0.750 bits per heavy atom. The van der Waals surface area contributed by atoms with Gasteiger partial charge in [-0.25, -0.2) is 13.2 Å². The third-order valence-corrected chi connectivity index (χ3v) is 4.90. The average molecular weight is 518 g/mol. The van der Waals surface area contributed by atoms with E-state index in [2.05, 4.69) is 31.9 Å². The number of rotatable bonds is 1. The Labute approximate surface area is 178 Å². The molecule has 0 aliphatic carbocycles. The molecule has 0 atom stereocenters. The zero-order valence-electron chi connectivity index (χ0n) is 15.0. The maximum absolute atomic E-state index is 12.4. The first-order chi connectivity index (χ1) is 13.1. The monoisotopic (exact) mass is 516 g/mol. The van der Waals surface area contributed by atoms with Gasteiger partial charge in [-0.1, -0.05) is 28.1 Å². The first-order valence-corrected chi connectivity index (χ1v) is 9.49. The van der Waals surface area contributed by atoms with Crippen LogP contribution < -0.4 is 0 Å². The van der Waals surface area contributed by atoms with Crippen LogP contribution in [0.2, 0.25) is 0 Å². The quantitative estimate of drug-likeness (QED) is 0.348. The molecule has 148 valence electrons. The molecule has 0 aromatic heterocycles. The van der Waals surface area contributed by atoms with Gasteiger partial charge in [0.05, 0.1) is 4.47 Å². The summed E-state index contributed by atoms with van der Waals surface area (Å²) in [6, 6.07) is 12.5. The number of phenolic OH excluding ortho intramolecular Hbond substituents is 1. The highest BCUT2D eigenvalue weighted by atomic mass is 79.9. The standard InChI is InChI=1S/C8H7FO.C7H6BrF.C6H4BrFO/c1-6-2-3-8(9)4-7(6)5-10;1-5-2-3-6(9)4-7(5)8;7-5-3-4(8)1-2-6(5)9/h2-5H,1H3;2-4H,1H3;1-3,9H. The largest absolute Gasteiger partial charge is 0.507 e. The van der Waals surface area contributed by atoms with E-state index in [1.165, 1.54) is 42.5 Å². The van der Waals surface area contributed by atoms with Crippen molar-refractivity contribution in [3.63, 3.8) is 0 Å². The van der Waals surface area contributed by atoms with Crippen molar-refractivity contribution in [1.29, 1.82) is 0 Å². The number of carbonyl (C=O) groups is 1. The molecule has 2 nitrogen and oxygen atoms in total. The van der Waals surface area contributed by atoms with Crippen LogP contribution in [0, 0.1) is 31.3 Å². The number of halogens is 5. The highest BCUT2D eigenvalue weighted by molar-refractivity contribution is 9.10. The molecule has 3 aromatic rings. The van der Waals surface area contributed by atoms with Gasteiger partial charge in [0.25, 0.3) is 0 Å². The van der Waals surface area contributed by atoms with Gasteiger partial charge in [-0.3, -0.25) is 4.79 Å². The molecule has 0 bridgehead atoms. The fraction of sp³-hybridized carbons (Fsp3) is 0.0952. The Balaban J connectivity index is 0.000000210. The van der Waals surface area contributed by atoms with Crippen molar-refractivity contribution < 1.29 is 23.1 Å². The molecule has 3 aromatic carbocycles. The lowest BCUT2D eigenvalue weighted by Gasteiger charge is -1.95. The zero-order chi connectivity index (χ0) is 21.3. The minimum absolute atomic E-state index is 0.0522. The molecule has 0 saturated carbocycles. The van der Waals surface area contributed by atoms with Crippen molar-refractivity contribution in [1.82, 2.24) is 0 Å². The van der Waals surface area contributed by atoms with Crippen LogP contribution in [-0.4, -0.2) is 11.4 Å². The molecule has 7 heteroatoms. The molecule has 1 N–H and O–H groups in total. The van der Waals surface area contributed by atoms with Gasteiger partial charge in [-0.2, -0.15) is 0 Å². The first-order valence-electron chi connectivity index (χ1n) is 7.91. The molecule has 0 aliphatic rings. The summed E-state index contributed by atoms with van der Waals surface area (Å²) in [5.74, 6) is -0.878. The number of hydrogen-bond donors (Lipinski definition) is 1. The molecule has 0 spiro atoms. The minimum atomic E-state index is -0.368. The molecule has 0 unspecified atom stereocenters. The van der Waals surface area contributed by atoms with Crippen LogP contribution in [0.25, 0.3) is 0 Å². The summed E-state index contributed by atoms with van der Waals surface area (Å²) in [4.78, 5) is 10.2. The fourth-order valence-electron chi connectivity index (χ4n) is 1.79. The van der Waals surface area contributed by atoms with Crippen LogP contribution in [0.4, 0.5) is 13.2 Å². The summed E-state index contributed by atoms with van der Waals surface area (Å²) in [6.07, 6.45) is 0.651. The van der Waals surface area contributed by atoms with Crippen molar-refractivity contribution in [3.8, 4) is 5.75 Å². The van der Waals surface area contributed by atoms with Gasteiger partial charge in [0.2, 0.25) is 0 Å². The lowest BCUT2D eigenvalue weighted by atomic mass is 10.1. The highest BCUT2D eigenvalue weighted by Gasteiger charge is 1.97. The third kappa shape index (κ3) is 8.27. The second kappa shape index (κ2) is 11.7. The van der Waals surface area contributed by atoms with E-state index in [0.29, 0.717) is 16.3 Å². The molecule has 0 radical (unpaired) electrons. The number of benzene rings is 3. The van der Waals surface area contributed by atoms with Crippen molar-refractivity contribution in [2.45, 2.75) is 13.8 Å². The predicted molar refractivity (Wildman–Crippen MR) is 111 cm³/mol. The van der Waals surface area contributed by atoms with Crippen molar-refractivity contribution in [3.05, 3.63) is 97.7 Å². The molecule has 0 amide bonds. The van der Waals surface area contributed by atoms with E-state index in [1.807, 2.05) is 6.92 Å². The topological polar surface area (TPSA) is 37.3 Å². The van der Waals surface area contributed by atoms with Crippen LogP contribution in [0.15, 0.2) is 63.5 Å². The van der Waals surface area contributed by atoms with E-state index in [-0.39, 0.29) is 23.2 Å². The summed E-state index contributed by atoms with van der Waals surface area (Å²) in [6.45, 7) is 3.69. The van der Waals surface area contributed by atoms with E-state index >= 15 is 0 Å². The Hall–Kier alpha value is -2.12. The summed E-state index contributed by atoms with van der Waals surface area (Å²) in [5, 5.41) is 8.83. The van der Waals surface area contributed by atoms with Crippen LogP contribution in [0.3, 0.4) is 0 Å². The minimum Gasteiger partial charge on any atom is -0.507 e. The lowest BCUT2D eigenvalue weighted by molar-refractivity contribution is 0.112. The van der Waals surface area contributed by atoms with Crippen molar-refractivity contribution >= 4 is 38.1 Å². The Morgan fingerprint density at radius 3 is 1.61 bits per heavy atom. The second-order valence-corrected chi connectivity index (χ2v) is 7.32. The fourth-order valence-corrected chi connectivity index (χ4v) is 2.49. The lowest BCUT2D eigenvalue weighted by Crippen LogP contribution is -1.86. The van der Waals surface area contributed by atoms with Crippen LogP contribution in [-0.2, 0) is 0 Å². The third-order valence-electron chi connectivity index (χ3n) is 3.41. The van der Waals surface area contributed by atoms with Gasteiger partial charge in [-0.15, -0.1) is 0 Å². The smallest absolute Gasteiger partial charge is 0.150 e. The molecule has 0 saturated heterocycles. The summed E-state index contributed by atoms with van der Waals surface area (Å²) in [7, 11) is 0. The van der Waals surface area contributed by atoms with Crippen LogP contribution in [0.1, 0.15) is 21.5 Å². The number of aromatic hydroxyl groups is 1. The van der Waals surface area contributed by atoms with Gasteiger partial charge >= 0.3 is 0 Å². The summed E-state index contributed by atoms with van der Waals surface area (Å²) < 4.78 is 38.1. The normalized spacial score (nSPS) is 9.54. The SMILES string of the molecule is Cc1ccc(F)cc1Br.Cc1ccc(F)cc1C=O.Oc1ccc(F)cc1Br. The zero-order valence-corrected chi connectivity index (χ0v) is 18.2. The van der Waals surface area contributed by atoms with E-state index in [9.17, 15) is 18.0 Å². The maximum atomic E-state index is 12.4. The number of aldehydes is 1. The molecular formula is C21H17Br2F3O2. The molecule has 28 heavy (non-hydrogen) atoms. The maximum Gasteiger partial charge on any atom is 0.150 e. The summed E-state index contributed by atoms with van der Waals surface area (Å²) >= 11 is 6.16. The Kier molecular flexibility index (Phi) is 9.96. The number of carbonyl (C=O) groups excluding carboxylic acids is 1. The Bertz CT molecular complexity index is 897. The van der Waals surface area contributed by atoms with Crippen molar-refractivity contribution in [2.75, 3.05) is 0 Å². The van der Waals surface area contributed by atoms with Gasteiger partial charge in [-0.05, 0) is 83.4 Å². The van der Waals surface area contributed by atoms with Crippen LogP contribution in [0.5, 0.6) is 5.75 Å². The molecule has 0 aliphatic heterocycles. The van der Waals surface area contributed by atoms with E-state index in [0.717, 1.165) is 15.6 Å². The van der Waals surface area contributed by atoms with Gasteiger partial charge in [0.1, 0.15) is 29.5 Å². The summed E-state index contributed by atoms with van der Waals surface area (Å²) in [5.41, 5.74) is 2.27. The molecular weight excluding hydrogens is 501 g/mol. The van der Waals surface area contributed by atoms with Crippen molar-refractivity contribution in [2.24, 2.45) is 0 Å². The van der Waals surface area contributed by atoms with Gasteiger partial charge < -0.3 is 5.11 Å². The molecule has 0 heterocycles. The van der Waals surface area contributed by atoms with E-state index < -0.39 is 0 Å². The average Bonchev–Trinajstić information content (AvgIpc) is 2.65. The Morgan fingerprint density at radius 2 is 1.21 bits per heavy atom. The van der Waals surface area contributed by atoms with Gasteiger partial charge in [0.15, 0.2) is 0 Å². The van der Waals surface area contributed by atoms with Crippen LogP contribution >= 0.6 is 31.9 Å². The second-order valence-electron chi connectivity index (χ2n) is 5.61.